The first-order valence-corrected chi connectivity index (χ1v) is 10.00. The van der Waals surface area contributed by atoms with Crippen LogP contribution < -0.4 is 5.32 Å². The molecule has 1 unspecified atom stereocenters. The third-order valence-corrected chi connectivity index (χ3v) is 6.05. The van der Waals surface area contributed by atoms with Gasteiger partial charge in [-0.1, -0.05) is 42.5 Å². The molecule has 0 spiro atoms. The second kappa shape index (κ2) is 6.63. The molecule has 1 N–H and O–H groups in total. The van der Waals surface area contributed by atoms with E-state index in [1.165, 1.54) is 22.5 Å². The number of hydrogen-bond donors (Lipinski definition) is 1. The van der Waals surface area contributed by atoms with Gasteiger partial charge in [0, 0.05) is 10.9 Å². The molecule has 3 nitrogen and oxygen atoms in total. The Labute approximate surface area is 161 Å². The maximum Gasteiger partial charge on any atom is 0.203 e. The zero-order valence-electron chi connectivity index (χ0n) is 14.7. The number of benzene rings is 2. The Kier molecular flexibility index (Phi) is 3.98. The summed E-state index contributed by atoms with van der Waals surface area (Å²) in [5, 5.41) is 6.40. The number of carbonyl (C=O) groups is 1. The molecule has 0 saturated heterocycles. The molecule has 0 saturated carbocycles. The number of rotatable bonds is 4. The van der Waals surface area contributed by atoms with Crippen molar-refractivity contribution in [2.24, 2.45) is 0 Å². The third-order valence-electron chi connectivity index (χ3n) is 5.18. The van der Waals surface area contributed by atoms with E-state index in [4.69, 9.17) is 4.98 Å². The van der Waals surface area contributed by atoms with Crippen LogP contribution in [0.3, 0.4) is 0 Å². The molecule has 5 rings (SSSR count). The van der Waals surface area contributed by atoms with E-state index in [2.05, 4.69) is 29.6 Å². The molecule has 0 fully saturated rings. The lowest BCUT2D eigenvalue weighted by Crippen LogP contribution is -2.08. The number of thiophene rings is 1. The van der Waals surface area contributed by atoms with Crippen LogP contribution in [0.15, 0.2) is 72.1 Å². The number of ketones is 1. The van der Waals surface area contributed by atoms with Crippen molar-refractivity contribution in [3.63, 3.8) is 0 Å². The average Bonchev–Trinajstić information content (AvgIpc) is 3.38. The summed E-state index contributed by atoms with van der Waals surface area (Å²) in [4.78, 5) is 18.3. The molecule has 1 aliphatic rings. The minimum absolute atomic E-state index is 0.0582. The van der Waals surface area contributed by atoms with Crippen molar-refractivity contribution in [3.8, 4) is 0 Å². The number of nitrogens with one attached hydrogen (secondary N) is 1. The molecule has 0 amide bonds. The fourth-order valence-electron chi connectivity index (χ4n) is 3.86. The molecular weight excluding hydrogens is 352 g/mol. The van der Waals surface area contributed by atoms with Gasteiger partial charge < -0.3 is 5.32 Å². The van der Waals surface area contributed by atoms with Gasteiger partial charge in [-0.3, -0.25) is 4.79 Å². The Morgan fingerprint density at radius 3 is 2.81 bits per heavy atom. The predicted molar refractivity (Wildman–Crippen MR) is 111 cm³/mol. The fourth-order valence-corrected chi connectivity index (χ4v) is 4.54. The fraction of sp³-hybridized carbons (Fsp3) is 0.130. The van der Waals surface area contributed by atoms with E-state index in [0.717, 1.165) is 34.4 Å². The summed E-state index contributed by atoms with van der Waals surface area (Å²) >= 11 is 1.47. The highest BCUT2D eigenvalue weighted by atomic mass is 32.1. The van der Waals surface area contributed by atoms with Crippen LogP contribution in [-0.4, -0.2) is 10.8 Å². The molecule has 4 aromatic rings. The monoisotopic (exact) mass is 370 g/mol. The summed E-state index contributed by atoms with van der Waals surface area (Å²) in [7, 11) is 0. The molecule has 1 aliphatic carbocycles. The quantitative estimate of drug-likeness (QED) is 0.474. The van der Waals surface area contributed by atoms with Gasteiger partial charge in [0.15, 0.2) is 0 Å². The van der Waals surface area contributed by atoms with E-state index in [0.29, 0.717) is 11.6 Å². The SMILES string of the molecule is O=C(c1cccs1)c1cccc2nc(NC3CCc4ccccc43)ccc12. The predicted octanol–water partition coefficient (Wildman–Crippen LogP) is 5.63. The molecule has 1 atom stereocenters. The summed E-state index contributed by atoms with van der Waals surface area (Å²) in [5.74, 6) is 0.910. The zero-order chi connectivity index (χ0) is 18.2. The Hall–Kier alpha value is -2.98. The van der Waals surface area contributed by atoms with Crippen LogP contribution in [0.5, 0.6) is 0 Å². The lowest BCUT2D eigenvalue weighted by atomic mass is 10.0. The highest BCUT2D eigenvalue weighted by Crippen LogP contribution is 2.33. The van der Waals surface area contributed by atoms with E-state index in [1.807, 2.05) is 47.8 Å². The van der Waals surface area contributed by atoms with Crippen molar-refractivity contribution in [3.05, 3.63) is 93.7 Å². The standard InChI is InChI=1S/C23H18N2OS/c26-23(21-9-4-14-27-21)18-7-3-8-19-17(18)11-13-22(24-19)25-20-12-10-15-5-1-2-6-16(15)20/h1-9,11,13-14,20H,10,12H2,(H,24,25). The van der Waals surface area contributed by atoms with Crippen molar-refractivity contribution in [2.75, 3.05) is 5.32 Å². The van der Waals surface area contributed by atoms with Crippen LogP contribution in [0.4, 0.5) is 5.82 Å². The Morgan fingerprint density at radius 1 is 1.00 bits per heavy atom. The summed E-state index contributed by atoms with van der Waals surface area (Å²) in [6, 6.07) is 22.4. The molecule has 0 aliphatic heterocycles. The average molecular weight is 370 g/mol. The number of anilines is 1. The third kappa shape index (κ3) is 2.92. The van der Waals surface area contributed by atoms with Gasteiger partial charge in [-0.15, -0.1) is 11.3 Å². The summed E-state index contributed by atoms with van der Waals surface area (Å²) < 4.78 is 0. The van der Waals surface area contributed by atoms with E-state index in [-0.39, 0.29) is 5.78 Å². The van der Waals surface area contributed by atoms with Crippen molar-refractivity contribution in [1.82, 2.24) is 4.98 Å². The van der Waals surface area contributed by atoms with Crippen molar-refractivity contribution >= 4 is 33.8 Å². The Bertz CT molecular complexity index is 1130. The van der Waals surface area contributed by atoms with Crippen molar-refractivity contribution < 1.29 is 4.79 Å². The maximum atomic E-state index is 12.8. The number of fused-ring (bicyclic) bond motifs is 2. The summed E-state index contributed by atoms with van der Waals surface area (Å²) in [5.41, 5.74) is 4.33. The Balaban J connectivity index is 1.48. The van der Waals surface area contributed by atoms with Gasteiger partial charge in [-0.05, 0) is 53.6 Å². The van der Waals surface area contributed by atoms with Gasteiger partial charge in [0.1, 0.15) is 5.82 Å². The molecule has 0 bridgehead atoms. The zero-order valence-corrected chi connectivity index (χ0v) is 15.5. The van der Waals surface area contributed by atoms with Crippen molar-refractivity contribution in [1.29, 1.82) is 0 Å². The Morgan fingerprint density at radius 2 is 1.93 bits per heavy atom. The van der Waals surface area contributed by atoms with Gasteiger partial charge in [-0.2, -0.15) is 0 Å². The van der Waals surface area contributed by atoms with Gasteiger partial charge in [0.05, 0.1) is 16.4 Å². The number of aryl methyl sites for hydroxylation is 1. The lowest BCUT2D eigenvalue weighted by molar-refractivity contribution is 0.104. The molecule has 4 heteroatoms. The molecule has 0 radical (unpaired) electrons. The highest BCUT2D eigenvalue weighted by Gasteiger charge is 2.22. The second-order valence-electron chi connectivity index (χ2n) is 6.81. The normalized spacial score (nSPS) is 15.6. The first-order chi connectivity index (χ1) is 13.3. The molecule has 2 aromatic carbocycles. The topological polar surface area (TPSA) is 42.0 Å². The van der Waals surface area contributed by atoms with E-state index < -0.39 is 0 Å². The largest absolute Gasteiger partial charge is 0.363 e. The van der Waals surface area contributed by atoms with E-state index in [9.17, 15) is 4.79 Å². The van der Waals surface area contributed by atoms with Gasteiger partial charge >= 0.3 is 0 Å². The minimum Gasteiger partial charge on any atom is -0.363 e. The van der Waals surface area contributed by atoms with Crippen LogP contribution in [0.2, 0.25) is 0 Å². The van der Waals surface area contributed by atoms with E-state index >= 15 is 0 Å². The summed E-state index contributed by atoms with van der Waals surface area (Å²) in [6.45, 7) is 0. The molecular formula is C23H18N2OS. The number of nitrogens with zero attached hydrogens (tertiary/aromatic N) is 1. The van der Waals surface area contributed by atoms with Crippen molar-refractivity contribution in [2.45, 2.75) is 18.9 Å². The molecule has 132 valence electrons. The summed E-state index contributed by atoms with van der Waals surface area (Å²) in [6.07, 6.45) is 2.18. The van der Waals surface area contributed by atoms with Crippen LogP contribution in [0.25, 0.3) is 10.9 Å². The first-order valence-electron chi connectivity index (χ1n) is 9.12. The number of aromatic nitrogens is 1. The molecule has 2 aromatic heterocycles. The van der Waals surface area contributed by atoms with Gasteiger partial charge in [0.25, 0.3) is 0 Å². The molecule has 2 heterocycles. The smallest absolute Gasteiger partial charge is 0.203 e. The van der Waals surface area contributed by atoms with Gasteiger partial charge in [0.2, 0.25) is 5.78 Å². The first kappa shape index (κ1) is 16.2. The van der Waals surface area contributed by atoms with E-state index in [1.54, 1.807) is 0 Å². The molecule has 27 heavy (non-hydrogen) atoms. The number of pyridine rings is 1. The van der Waals surface area contributed by atoms with Gasteiger partial charge in [-0.25, -0.2) is 4.98 Å². The second-order valence-corrected chi connectivity index (χ2v) is 7.76. The number of hydrogen-bond acceptors (Lipinski definition) is 4. The lowest BCUT2D eigenvalue weighted by Gasteiger charge is -2.15. The number of carbonyl (C=O) groups excluding carboxylic acids is 1. The minimum atomic E-state index is 0.0582. The maximum absolute atomic E-state index is 12.8. The van der Waals surface area contributed by atoms with Crippen LogP contribution in [0, 0.1) is 0 Å². The van der Waals surface area contributed by atoms with Crippen LogP contribution >= 0.6 is 11.3 Å². The van der Waals surface area contributed by atoms with Crippen LogP contribution in [0.1, 0.15) is 38.8 Å². The highest BCUT2D eigenvalue weighted by molar-refractivity contribution is 7.12. The van der Waals surface area contributed by atoms with Crippen LogP contribution in [-0.2, 0) is 6.42 Å².